The third-order valence-electron chi connectivity index (χ3n) is 2.68. The Labute approximate surface area is 120 Å². The van der Waals surface area contributed by atoms with Crippen molar-refractivity contribution < 1.29 is 5.11 Å². The van der Waals surface area contributed by atoms with Crippen LogP contribution in [0.3, 0.4) is 0 Å². The van der Waals surface area contributed by atoms with Crippen LogP contribution in [-0.2, 0) is 0 Å². The number of nitrogens with zero attached hydrogens (tertiary/aromatic N) is 1. The minimum absolute atomic E-state index is 0.250. The molecular formula is C15H35NOS. The van der Waals surface area contributed by atoms with Crippen molar-refractivity contribution in [3.05, 3.63) is 0 Å². The van der Waals surface area contributed by atoms with Crippen molar-refractivity contribution in [1.29, 1.82) is 0 Å². The summed E-state index contributed by atoms with van der Waals surface area (Å²) in [6.07, 6.45) is 7.09. The van der Waals surface area contributed by atoms with Crippen LogP contribution in [0, 0.1) is 0 Å². The minimum atomic E-state index is 0.250. The Morgan fingerprint density at radius 1 is 0.944 bits per heavy atom. The highest BCUT2D eigenvalue weighted by Gasteiger charge is 2.08. The predicted molar refractivity (Wildman–Crippen MR) is 86.6 cm³/mol. The average molecular weight is 278 g/mol. The van der Waals surface area contributed by atoms with E-state index >= 15 is 0 Å². The SMILES string of the molecule is CC.CCCCCCCN1CCSCC1.CCO. The summed E-state index contributed by atoms with van der Waals surface area (Å²) in [5, 5.41) is 7.57. The number of unbranched alkanes of at least 4 members (excludes halogenated alkanes) is 4. The molecule has 1 aliphatic heterocycles. The highest BCUT2D eigenvalue weighted by Crippen LogP contribution is 2.10. The molecule has 0 aromatic heterocycles. The van der Waals surface area contributed by atoms with E-state index in [-0.39, 0.29) is 6.61 Å². The molecule has 0 amide bonds. The van der Waals surface area contributed by atoms with Gasteiger partial charge in [-0.2, -0.15) is 11.8 Å². The fourth-order valence-corrected chi connectivity index (χ4v) is 2.74. The number of hydrogen-bond acceptors (Lipinski definition) is 3. The fourth-order valence-electron chi connectivity index (χ4n) is 1.76. The van der Waals surface area contributed by atoms with Gasteiger partial charge in [0.25, 0.3) is 0 Å². The molecule has 0 saturated carbocycles. The van der Waals surface area contributed by atoms with Gasteiger partial charge >= 0.3 is 0 Å². The molecule has 2 nitrogen and oxygen atoms in total. The fraction of sp³-hybridized carbons (Fsp3) is 1.00. The van der Waals surface area contributed by atoms with Crippen molar-refractivity contribution >= 4 is 11.8 Å². The molecular weight excluding hydrogens is 242 g/mol. The van der Waals surface area contributed by atoms with Crippen LogP contribution in [0.5, 0.6) is 0 Å². The molecule has 18 heavy (non-hydrogen) atoms. The second-order valence-electron chi connectivity index (χ2n) is 4.18. The van der Waals surface area contributed by atoms with Gasteiger partial charge in [0, 0.05) is 31.2 Å². The minimum Gasteiger partial charge on any atom is -0.397 e. The molecule has 1 saturated heterocycles. The molecule has 0 spiro atoms. The summed E-state index contributed by atoms with van der Waals surface area (Å²) in [5.41, 5.74) is 0. The van der Waals surface area contributed by atoms with Crippen molar-refractivity contribution in [3.63, 3.8) is 0 Å². The lowest BCUT2D eigenvalue weighted by Crippen LogP contribution is -2.33. The maximum atomic E-state index is 7.57. The van der Waals surface area contributed by atoms with E-state index in [2.05, 4.69) is 23.6 Å². The molecule has 0 atom stereocenters. The van der Waals surface area contributed by atoms with Crippen LogP contribution in [0.2, 0.25) is 0 Å². The maximum absolute atomic E-state index is 7.57. The van der Waals surface area contributed by atoms with Gasteiger partial charge in [-0.25, -0.2) is 0 Å². The Kier molecular flexibility index (Phi) is 22.4. The lowest BCUT2D eigenvalue weighted by molar-refractivity contribution is 0.294. The summed E-state index contributed by atoms with van der Waals surface area (Å²) in [5.74, 6) is 2.71. The van der Waals surface area contributed by atoms with Gasteiger partial charge in [0.1, 0.15) is 0 Å². The van der Waals surface area contributed by atoms with E-state index in [1.165, 1.54) is 63.2 Å². The van der Waals surface area contributed by atoms with Crippen LogP contribution >= 0.6 is 11.8 Å². The Bertz CT molecular complexity index is 128. The molecule has 0 unspecified atom stereocenters. The second-order valence-corrected chi connectivity index (χ2v) is 5.41. The van der Waals surface area contributed by atoms with Crippen molar-refractivity contribution in [2.75, 3.05) is 37.7 Å². The molecule has 1 N–H and O–H groups in total. The largest absolute Gasteiger partial charge is 0.397 e. The van der Waals surface area contributed by atoms with Gasteiger partial charge in [0.2, 0.25) is 0 Å². The van der Waals surface area contributed by atoms with E-state index in [1.54, 1.807) is 6.92 Å². The van der Waals surface area contributed by atoms with E-state index in [1.807, 2.05) is 13.8 Å². The summed E-state index contributed by atoms with van der Waals surface area (Å²) in [4.78, 5) is 2.63. The number of aliphatic hydroxyl groups excluding tert-OH is 1. The molecule has 1 heterocycles. The molecule has 3 heteroatoms. The monoisotopic (exact) mass is 277 g/mol. The summed E-state index contributed by atoms with van der Waals surface area (Å²) >= 11 is 2.10. The molecule has 1 rings (SSSR count). The Morgan fingerprint density at radius 2 is 1.44 bits per heavy atom. The first-order valence-corrected chi connectivity index (χ1v) is 8.91. The van der Waals surface area contributed by atoms with Crippen LogP contribution in [0.15, 0.2) is 0 Å². The van der Waals surface area contributed by atoms with Crippen LogP contribution in [0.1, 0.15) is 59.8 Å². The molecule has 0 radical (unpaired) electrons. The first kappa shape index (κ1) is 20.6. The quantitative estimate of drug-likeness (QED) is 0.742. The summed E-state index contributed by atoms with van der Waals surface area (Å²) in [6, 6.07) is 0. The third-order valence-corrected chi connectivity index (χ3v) is 3.62. The zero-order chi connectivity index (χ0) is 14.1. The Hall–Kier alpha value is 0.270. The van der Waals surface area contributed by atoms with Gasteiger partial charge in [-0.1, -0.05) is 46.5 Å². The van der Waals surface area contributed by atoms with E-state index in [4.69, 9.17) is 5.11 Å². The molecule has 1 aliphatic rings. The Balaban J connectivity index is 0. The highest BCUT2D eigenvalue weighted by molar-refractivity contribution is 7.99. The molecule has 1 fully saturated rings. The number of aliphatic hydroxyl groups is 1. The smallest absolute Gasteiger partial charge is 0.0402 e. The third kappa shape index (κ3) is 16.3. The molecule has 0 bridgehead atoms. The van der Waals surface area contributed by atoms with Crippen LogP contribution in [0.4, 0.5) is 0 Å². The number of rotatable bonds is 6. The van der Waals surface area contributed by atoms with Crippen molar-refractivity contribution in [3.8, 4) is 0 Å². The molecule has 0 aliphatic carbocycles. The second kappa shape index (κ2) is 19.6. The lowest BCUT2D eigenvalue weighted by atomic mass is 10.1. The summed E-state index contributed by atoms with van der Waals surface area (Å²) < 4.78 is 0. The van der Waals surface area contributed by atoms with Gasteiger partial charge in [0.15, 0.2) is 0 Å². The average Bonchev–Trinajstić information content (AvgIpc) is 2.43. The molecule has 0 aromatic carbocycles. The maximum Gasteiger partial charge on any atom is 0.0402 e. The van der Waals surface area contributed by atoms with E-state index < -0.39 is 0 Å². The van der Waals surface area contributed by atoms with Gasteiger partial charge in [0.05, 0.1) is 0 Å². The van der Waals surface area contributed by atoms with Crippen molar-refractivity contribution in [1.82, 2.24) is 4.90 Å². The zero-order valence-electron chi connectivity index (χ0n) is 13.1. The zero-order valence-corrected chi connectivity index (χ0v) is 13.9. The van der Waals surface area contributed by atoms with Crippen LogP contribution in [0.25, 0.3) is 0 Å². The van der Waals surface area contributed by atoms with Gasteiger partial charge in [-0.3, -0.25) is 0 Å². The van der Waals surface area contributed by atoms with Crippen molar-refractivity contribution in [2.24, 2.45) is 0 Å². The number of hydrogen-bond donors (Lipinski definition) is 1. The van der Waals surface area contributed by atoms with Gasteiger partial charge in [-0.15, -0.1) is 0 Å². The van der Waals surface area contributed by atoms with Crippen LogP contribution in [-0.4, -0.2) is 47.8 Å². The van der Waals surface area contributed by atoms with E-state index in [0.717, 1.165) is 0 Å². The van der Waals surface area contributed by atoms with E-state index in [0.29, 0.717) is 0 Å². The standard InChI is InChI=1S/C11H23NS.C2H6O.C2H6/c1-2-3-4-5-6-7-12-8-10-13-11-9-12;1-2-3;1-2/h2-11H2,1H3;3H,2H2,1H3;1-2H3. The first-order chi connectivity index (χ1) is 8.85. The molecule has 112 valence electrons. The molecule has 0 aromatic rings. The van der Waals surface area contributed by atoms with E-state index in [9.17, 15) is 0 Å². The normalized spacial score (nSPS) is 15.2. The Morgan fingerprint density at radius 3 is 1.94 bits per heavy atom. The van der Waals surface area contributed by atoms with Gasteiger partial charge < -0.3 is 10.0 Å². The number of thioether (sulfide) groups is 1. The predicted octanol–water partition coefficient (Wildman–Crippen LogP) is 4.03. The summed E-state index contributed by atoms with van der Waals surface area (Å²) in [7, 11) is 0. The first-order valence-electron chi connectivity index (χ1n) is 7.76. The summed E-state index contributed by atoms with van der Waals surface area (Å²) in [6.45, 7) is 12.2. The topological polar surface area (TPSA) is 23.5 Å². The van der Waals surface area contributed by atoms with Crippen LogP contribution < -0.4 is 0 Å². The van der Waals surface area contributed by atoms with Crippen molar-refractivity contribution in [2.45, 2.75) is 59.8 Å². The van der Waals surface area contributed by atoms with Gasteiger partial charge in [-0.05, 0) is 19.9 Å². The lowest BCUT2D eigenvalue weighted by Gasteiger charge is -2.25. The highest BCUT2D eigenvalue weighted by atomic mass is 32.2.